The van der Waals surface area contributed by atoms with Crippen molar-refractivity contribution in [2.45, 2.75) is 32.0 Å². The molecule has 2 bridgehead atoms. The van der Waals surface area contributed by atoms with Gasteiger partial charge in [-0.2, -0.15) is 0 Å². The van der Waals surface area contributed by atoms with Gasteiger partial charge in [-0.05, 0) is 26.2 Å². The van der Waals surface area contributed by atoms with Crippen LogP contribution in [0.3, 0.4) is 0 Å². The summed E-state index contributed by atoms with van der Waals surface area (Å²) < 4.78 is 5.46. The van der Waals surface area contributed by atoms with Crippen molar-refractivity contribution in [2.75, 3.05) is 13.2 Å². The average molecular weight is 226 g/mol. The molecule has 0 aromatic carbocycles. The fourth-order valence-corrected chi connectivity index (χ4v) is 2.98. The monoisotopic (exact) mass is 226 g/mol. The van der Waals surface area contributed by atoms with Crippen molar-refractivity contribution >= 4 is 5.78 Å². The Morgan fingerprint density at radius 2 is 2.31 bits per heavy atom. The van der Waals surface area contributed by atoms with Crippen LogP contribution >= 0.6 is 0 Å². The van der Waals surface area contributed by atoms with Gasteiger partial charge in [0, 0.05) is 0 Å². The van der Waals surface area contributed by atoms with E-state index in [1.807, 2.05) is 6.92 Å². The van der Waals surface area contributed by atoms with Gasteiger partial charge in [0.15, 0.2) is 5.78 Å². The number of ether oxygens (including phenoxy) is 1. The standard InChI is InChI=1S/C12H18O4/c1-7(2)8-4-9(14)11(3)10(15)12(8,5-13)6-16-11/h8-9,13-14H,1,4-6H2,2-3H3/t8-,9+,11-,12-/m1/s1. The molecule has 0 aromatic heterocycles. The predicted molar refractivity (Wildman–Crippen MR) is 57.8 cm³/mol. The van der Waals surface area contributed by atoms with Gasteiger partial charge in [-0.25, -0.2) is 0 Å². The largest absolute Gasteiger partial charge is 0.395 e. The van der Waals surface area contributed by atoms with Gasteiger partial charge < -0.3 is 14.9 Å². The van der Waals surface area contributed by atoms with Crippen LogP contribution in [0.2, 0.25) is 0 Å². The summed E-state index contributed by atoms with van der Waals surface area (Å²) in [5.41, 5.74) is -1.22. The SMILES string of the molecule is C=C(C)[C@H]1C[C@H](O)[C@@]2(C)OC[C@@]1(CO)C2=O. The second-order valence-corrected chi connectivity index (χ2v) is 5.19. The first-order valence-electron chi connectivity index (χ1n) is 5.51. The summed E-state index contributed by atoms with van der Waals surface area (Å²) in [4.78, 5) is 12.3. The Labute approximate surface area is 94.9 Å². The number of Topliss-reactive ketones (excluding diaryl/α,β-unsaturated/α-hetero) is 1. The van der Waals surface area contributed by atoms with Crippen LogP contribution in [0, 0.1) is 11.3 Å². The third-order valence-electron chi connectivity index (χ3n) is 4.17. The first-order valence-corrected chi connectivity index (χ1v) is 5.51. The molecule has 4 heteroatoms. The molecule has 0 aromatic rings. The summed E-state index contributed by atoms with van der Waals surface area (Å²) >= 11 is 0. The number of hydrogen-bond acceptors (Lipinski definition) is 4. The molecule has 0 amide bonds. The Morgan fingerprint density at radius 3 is 2.81 bits per heavy atom. The van der Waals surface area contributed by atoms with E-state index in [1.54, 1.807) is 6.92 Å². The molecule has 0 spiro atoms. The van der Waals surface area contributed by atoms with E-state index in [4.69, 9.17) is 4.74 Å². The fourth-order valence-electron chi connectivity index (χ4n) is 2.98. The number of allylic oxidation sites excluding steroid dienone is 1. The maximum absolute atomic E-state index is 12.3. The molecule has 1 saturated carbocycles. The minimum absolute atomic E-state index is 0.174. The summed E-state index contributed by atoms with van der Waals surface area (Å²) in [6.45, 7) is 7.21. The molecule has 2 rings (SSSR count). The summed E-state index contributed by atoms with van der Waals surface area (Å²) in [5, 5.41) is 19.5. The maximum Gasteiger partial charge on any atom is 0.178 e. The maximum atomic E-state index is 12.3. The van der Waals surface area contributed by atoms with E-state index < -0.39 is 17.1 Å². The van der Waals surface area contributed by atoms with Gasteiger partial charge in [0.05, 0.1) is 24.7 Å². The lowest BCUT2D eigenvalue weighted by atomic mass is 9.60. The van der Waals surface area contributed by atoms with Crippen molar-refractivity contribution in [1.29, 1.82) is 0 Å². The molecule has 16 heavy (non-hydrogen) atoms. The van der Waals surface area contributed by atoms with Crippen LogP contribution in [0.25, 0.3) is 0 Å². The molecule has 2 N–H and O–H groups in total. The normalized spacial score (nSPS) is 47.1. The fraction of sp³-hybridized carbons (Fsp3) is 0.750. The highest BCUT2D eigenvalue weighted by Crippen LogP contribution is 2.52. The van der Waals surface area contributed by atoms with Crippen molar-refractivity contribution in [3.8, 4) is 0 Å². The van der Waals surface area contributed by atoms with E-state index in [0.717, 1.165) is 5.57 Å². The Morgan fingerprint density at radius 1 is 1.69 bits per heavy atom. The Balaban J connectivity index is 2.48. The summed E-state index contributed by atoms with van der Waals surface area (Å²) in [7, 11) is 0. The minimum Gasteiger partial charge on any atom is -0.395 e. The number of carbonyl (C=O) groups excluding carboxylic acids is 1. The van der Waals surface area contributed by atoms with Crippen LogP contribution in [-0.4, -0.2) is 40.9 Å². The molecule has 1 aliphatic carbocycles. The number of fused-ring (bicyclic) bond motifs is 2. The van der Waals surface area contributed by atoms with Crippen LogP contribution in [0.4, 0.5) is 0 Å². The lowest BCUT2D eigenvalue weighted by Gasteiger charge is -2.42. The molecule has 4 nitrogen and oxygen atoms in total. The van der Waals surface area contributed by atoms with Gasteiger partial charge in [-0.1, -0.05) is 12.2 Å². The summed E-state index contributed by atoms with van der Waals surface area (Å²) in [5.74, 6) is -0.384. The quantitative estimate of drug-likeness (QED) is 0.664. The number of ketones is 1. The molecule has 0 radical (unpaired) electrons. The smallest absolute Gasteiger partial charge is 0.178 e. The highest BCUT2D eigenvalue weighted by atomic mass is 16.5. The predicted octanol–water partition coefficient (Wildman–Crippen LogP) is 0.280. The highest BCUT2D eigenvalue weighted by molar-refractivity contribution is 5.96. The number of aliphatic hydroxyl groups excluding tert-OH is 2. The number of rotatable bonds is 2. The Bertz CT molecular complexity index is 351. The van der Waals surface area contributed by atoms with Crippen molar-refractivity contribution in [3.63, 3.8) is 0 Å². The van der Waals surface area contributed by atoms with Gasteiger partial charge in [-0.3, -0.25) is 4.79 Å². The second-order valence-electron chi connectivity index (χ2n) is 5.19. The Hall–Kier alpha value is -0.710. The topological polar surface area (TPSA) is 66.8 Å². The van der Waals surface area contributed by atoms with Crippen molar-refractivity contribution in [3.05, 3.63) is 12.2 Å². The third kappa shape index (κ3) is 1.18. The molecule has 2 aliphatic rings. The van der Waals surface area contributed by atoms with Crippen molar-refractivity contribution in [1.82, 2.24) is 0 Å². The van der Waals surface area contributed by atoms with Crippen molar-refractivity contribution in [2.24, 2.45) is 11.3 Å². The third-order valence-corrected chi connectivity index (χ3v) is 4.17. The van der Waals surface area contributed by atoms with E-state index in [2.05, 4.69) is 6.58 Å². The molecule has 1 saturated heterocycles. The van der Waals surface area contributed by atoms with Gasteiger partial charge >= 0.3 is 0 Å². The average Bonchev–Trinajstić information content (AvgIpc) is 2.42. The van der Waals surface area contributed by atoms with E-state index in [0.29, 0.717) is 6.42 Å². The molecule has 2 fully saturated rings. The molecule has 0 unspecified atom stereocenters. The van der Waals surface area contributed by atoms with Crippen LogP contribution in [0.15, 0.2) is 12.2 Å². The second kappa shape index (κ2) is 3.39. The summed E-state index contributed by atoms with van der Waals surface area (Å²) in [6, 6.07) is 0. The van der Waals surface area contributed by atoms with Crippen LogP contribution < -0.4 is 0 Å². The highest BCUT2D eigenvalue weighted by Gasteiger charge is 2.65. The molecule has 1 aliphatic heterocycles. The van der Waals surface area contributed by atoms with E-state index in [1.165, 1.54) is 0 Å². The van der Waals surface area contributed by atoms with Gasteiger partial charge in [0.2, 0.25) is 0 Å². The van der Waals surface area contributed by atoms with Crippen LogP contribution in [0.1, 0.15) is 20.3 Å². The number of aliphatic hydroxyl groups is 2. The zero-order valence-corrected chi connectivity index (χ0v) is 9.69. The number of carbonyl (C=O) groups is 1. The van der Waals surface area contributed by atoms with Crippen LogP contribution in [0.5, 0.6) is 0 Å². The molecule has 90 valence electrons. The molecular formula is C12H18O4. The Kier molecular flexibility index (Phi) is 2.49. The number of hydrogen-bond donors (Lipinski definition) is 2. The zero-order chi connectivity index (χ0) is 12.1. The molecular weight excluding hydrogens is 208 g/mol. The molecule has 1 heterocycles. The summed E-state index contributed by atoms with van der Waals surface area (Å²) in [6.07, 6.45) is -0.387. The van der Waals surface area contributed by atoms with E-state index >= 15 is 0 Å². The van der Waals surface area contributed by atoms with Gasteiger partial charge in [0.1, 0.15) is 5.60 Å². The minimum atomic E-state index is -1.14. The lowest BCUT2D eigenvalue weighted by molar-refractivity contribution is -0.153. The first-order chi connectivity index (χ1) is 7.38. The lowest BCUT2D eigenvalue weighted by Crippen LogP contribution is -2.57. The zero-order valence-electron chi connectivity index (χ0n) is 9.69. The van der Waals surface area contributed by atoms with E-state index in [-0.39, 0.29) is 24.9 Å². The first kappa shape index (κ1) is 11.8. The molecule has 4 atom stereocenters. The van der Waals surface area contributed by atoms with Crippen molar-refractivity contribution < 1.29 is 19.7 Å². The van der Waals surface area contributed by atoms with Crippen LogP contribution in [-0.2, 0) is 9.53 Å². The van der Waals surface area contributed by atoms with Gasteiger partial charge in [0.25, 0.3) is 0 Å². The van der Waals surface area contributed by atoms with Gasteiger partial charge in [-0.15, -0.1) is 0 Å². The van der Waals surface area contributed by atoms with E-state index in [9.17, 15) is 15.0 Å².